The van der Waals surface area contributed by atoms with Crippen molar-refractivity contribution in [1.82, 2.24) is 10.2 Å². The molecule has 0 bridgehead atoms. The highest BCUT2D eigenvalue weighted by molar-refractivity contribution is 14.1. The van der Waals surface area contributed by atoms with Gasteiger partial charge in [-0.1, -0.05) is 6.42 Å². The molecule has 0 atom stereocenters. The van der Waals surface area contributed by atoms with Crippen molar-refractivity contribution in [2.24, 2.45) is 0 Å². The molecule has 1 fully saturated rings. The SMILES string of the molecule is CC(C)(CNC(=O)COc1ccc(I)cc1)N1CCCCC1. The quantitative estimate of drug-likeness (QED) is 0.725. The Labute approximate surface area is 146 Å². The van der Waals surface area contributed by atoms with E-state index in [2.05, 4.69) is 46.7 Å². The van der Waals surface area contributed by atoms with E-state index in [1.54, 1.807) is 0 Å². The van der Waals surface area contributed by atoms with Crippen LogP contribution in [0, 0.1) is 3.57 Å². The summed E-state index contributed by atoms with van der Waals surface area (Å²) in [6.45, 7) is 7.36. The predicted molar refractivity (Wildman–Crippen MR) is 97.2 cm³/mol. The fourth-order valence-electron chi connectivity index (χ4n) is 2.66. The second kappa shape index (κ2) is 8.15. The number of nitrogens with one attached hydrogen (secondary N) is 1. The van der Waals surface area contributed by atoms with Crippen LogP contribution >= 0.6 is 22.6 Å². The van der Waals surface area contributed by atoms with Crippen molar-refractivity contribution in [3.63, 3.8) is 0 Å². The monoisotopic (exact) mass is 416 g/mol. The predicted octanol–water partition coefficient (Wildman–Crippen LogP) is 3.05. The van der Waals surface area contributed by atoms with Crippen LogP contribution in [-0.4, -0.2) is 42.6 Å². The van der Waals surface area contributed by atoms with Crippen molar-refractivity contribution in [3.8, 4) is 5.75 Å². The summed E-state index contributed by atoms with van der Waals surface area (Å²) < 4.78 is 6.66. The Hall–Kier alpha value is -0.820. The molecule has 1 aliphatic rings. The van der Waals surface area contributed by atoms with E-state index in [-0.39, 0.29) is 18.1 Å². The number of ether oxygens (including phenoxy) is 1. The molecule has 1 aromatic rings. The molecular weight excluding hydrogens is 391 g/mol. The van der Waals surface area contributed by atoms with E-state index in [4.69, 9.17) is 4.74 Å². The number of halogens is 1. The number of amides is 1. The number of piperidine rings is 1. The lowest BCUT2D eigenvalue weighted by Gasteiger charge is -2.41. The molecular formula is C17H25IN2O2. The molecule has 0 radical (unpaired) electrons. The van der Waals surface area contributed by atoms with Gasteiger partial charge in [0, 0.05) is 15.7 Å². The van der Waals surface area contributed by atoms with E-state index in [1.165, 1.54) is 19.3 Å². The number of rotatable bonds is 6. The third kappa shape index (κ3) is 5.43. The van der Waals surface area contributed by atoms with Crippen LogP contribution in [0.4, 0.5) is 0 Å². The zero-order valence-corrected chi connectivity index (χ0v) is 15.6. The Morgan fingerprint density at radius 2 is 1.86 bits per heavy atom. The lowest BCUT2D eigenvalue weighted by Crippen LogP contribution is -2.53. The lowest BCUT2D eigenvalue weighted by molar-refractivity contribution is -0.123. The smallest absolute Gasteiger partial charge is 0.258 e. The average Bonchev–Trinajstić information content (AvgIpc) is 2.53. The van der Waals surface area contributed by atoms with Crippen molar-refractivity contribution < 1.29 is 9.53 Å². The van der Waals surface area contributed by atoms with Gasteiger partial charge in [-0.25, -0.2) is 0 Å². The lowest BCUT2D eigenvalue weighted by atomic mass is 9.98. The van der Waals surface area contributed by atoms with Gasteiger partial charge in [-0.2, -0.15) is 0 Å². The summed E-state index contributed by atoms with van der Waals surface area (Å²) in [7, 11) is 0. The zero-order valence-electron chi connectivity index (χ0n) is 13.4. The van der Waals surface area contributed by atoms with Crippen LogP contribution in [0.2, 0.25) is 0 Å². The van der Waals surface area contributed by atoms with Gasteiger partial charge in [0.25, 0.3) is 5.91 Å². The normalized spacial score (nSPS) is 16.3. The fourth-order valence-corrected chi connectivity index (χ4v) is 3.02. The van der Waals surface area contributed by atoms with Crippen molar-refractivity contribution in [2.75, 3.05) is 26.2 Å². The molecule has 1 aromatic carbocycles. The van der Waals surface area contributed by atoms with Crippen LogP contribution in [0.25, 0.3) is 0 Å². The van der Waals surface area contributed by atoms with Gasteiger partial charge in [0.15, 0.2) is 6.61 Å². The van der Waals surface area contributed by atoms with E-state index in [1.807, 2.05) is 24.3 Å². The van der Waals surface area contributed by atoms with Crippen LogP contribution in [0.15, 0.2) is 24.3 Å². The van der Waals surface area contributed by atoms with Crippen molar-refractivity contribution in [2.45, 2.75) is 38.6 Å². The third-order valence-corrected chi connectivity index (χ3v) is 4.83. The van der Waals surface area contributed by atoms with Crippen LogP contribution < -0.4 is 10.1 Å². The molecule has 0 saturated carbocycles. The first-order valence-corrected chi connectivity index (χ1v) is 8.95. The maximum Gasteiger partial charge on any atom is 0.258 e. The molecule has 0 unspecified atom stereocenters. The number of nitrogens with zero attached hydrogens (tertiary/aromatic N) is 1. The molecule has 122 valence electrons. The maximum atomic E-state index is 12.0. The Bertz CT molecular complexity index is 482. The van der Waals surface area contributed by atoms with Gasteiger partial charge in [-0.3, -0.25) is 9.69 Å². The summed E-state index contributed by atoms with van der Waals surface area (Å²) in [5, 5.41) is 2.99. The zero-order chi connectivity index (χ0) is 16.0. The Morgan fingerprint density at radius 3 is 2.50 bits per heavy atom. The van der Waals surface area contributed by atoms with Gasteiger partial charge in [0.2, 0.25) is 0 Å². The van der Waals surface area contributed by atoms with E-state index in [0.29, 0.717) is 6.54 Å². The molecule has 5 heteroatoms. The molecule has 4 nitrogen and oxygen atoms in total. The minimum Gasteiger partial charge on any atom is -0.484 e. The van der Waals surface area contributed by atoms with Crippen LogP contribution in [0.3, 0.4) is 0 Å². The van der Waals surface area contributed by atoms with Crippen molar-refractivity contribution in [3.05, 3.63) is 27.8 Å². The molecule has 1 N–H and O–H groups in total. The summed E-state index contributed by atoms with van der Waals surface area (Å²) in [4.78, 5) is 14.4. The van der Waals surface area contributed by atoms with Gasteiger partial charge in [-0.15, -0.1) is 0 Å². The number of likely N-dealkylation sites (tertiary alicyclic amines) is 1. The maximum absolute atomic E-state index is 12.0. The van der Waals surface area contributed by atoms with Crippen LogP contribution in [0.5, 0.6) is 5.75 Å². The van der Waals surface area contributed by atoms with Gasteiger partial charge in [0.1, 0.15) is 5.75 Å². The van der Waals surface area contributed by atoms with E-state index < -0.39 is 0 Å². The molecule has 1 heterocycles. The topological polar surface area (TPSA) is 41.6 Å². The first-order chi connectivity index (χ1) is 10.5. The summed E-state index contributed by atoms with van der Waals surface area (Å²) >= 11 is 2.24. The third-order valence-electron chi connectivity index (χ3n) is 4.11. The number of hydrogen-bond acceptors (Lipinski definition) is 3. The largest absolute Gasteiger partial charge is 0.484 e. The van der Waals surface area contributed by atoms with Crippen molar-refractivity contribution >= 4 is 28.5 Å². The molecule has 0 aromatic heterocycles. The molecule has 0 spiro atoms. The standard InChI is InChI=1S/C17H25IN2O2/c1-17(2,20-10-4-3-5-11-20)13-19-16(21)12-22-15-8-6-14(18)7-9-15/h6-9H,3-5,10-13H2,1-2H3,(H,19,21). The second-order valence-electron chi connectivity index (χ2n) is 6.38. The Morgan fingerprint density at radius 1 is 1.23 bits per heavy atom. The summed E-state index contributed by atoms with van der Waals surface area (Å²) in [6, 6.07) is 7.69. The minimum absolute atomic E-state index is 0.00105. The van der Waals surface area contributed by atoms with Gasteiger partial charge in [-0.05, 0) is 86.6 Å². The molecule has 0 aliphatic carbocycles. The molecule has 1 saturated heterocycles. The summed E-state index contributed by atoms with van der Waals surface area (Å²) in [5.74, 6) is 0.662. The van der Waals surface area contributed by atoms with Gasteiger partial charge >= 0.3 is 0 Å². The average molecular weight is 416 g/mol. The number of carbonyl (C=O) groups is 1. The molecule has 1 aliphatic heterocycles. The number of benzene rings is 1. The highest BCUT2D eigenvalue weighted by atomic mass is 127. The molecule has 2 rings (SSSR count). The van der Waals surface area contributed by atoms with Crippen LogP contribution in [0.1, 0.15) is 33.1 Å². The molecule has 1 amide bonds. The first-order valence-electron chi connectivity index (χ1n) is 7.87. The first kappa shape index (κ1) is 17.5. The highest BCUT2D eigenvalue weighted by Crippen LogP contribution is 2.19. The van der Waals surface area contributed by atoms with E-state index in [9.17, 15) is 4.79 Å². The van der Waals surface area contributed by atoms with Crippen molar-refractivity contribution in [1.29, 1.82) is 0 Å². The molecule has 22 heavy (non-hydrogen) atoms. The summed E-state index contributed by atoms with van der Waals surface area (Å²) in [6.07, 6.45) is 3.84. The van der Waals surface area contributed by atoms with Gasteiger partial charge in [0.05, 0.1) is 0 Å². The second-order valence-corrected chi connectivity index (χ2v) is 7.63. The number of carbonyl (C=O) groups excluding carboxylic acids is 1. The Balaban J connectivity index is 1.73. The van der Waals surface area contributed by atoms with E-state index in [0.717, 1.165) is 22.4 Å². The fraction of sp³-hybridized carbons (Fsp3) is 0.588. The number of hydrogen-bond donors (Lipinski definition) is 1. The minimum atomic E-state index is -0.0661. The summed E-state index contributed by atoms with van der Waals surface area (Å²) in [5.41, 5.74) is -0.00105. The Kier molecular flexibility index (Phi) is 6.50. The van der Waals surface area contributed by atoms with Crippen LogP contribution in [-0.2, 0) is 4.79 Å². The highest BCUT2D eigenvalue weighted by Gasteiger charge is 2.28. The van der Waals surface area contributed by atoms with Gasteiger partial charge < -0.3 is 10.1 Å². The van der Waals surface area contributed by atoms with E-state index >= 15 is 0 Å².